The van der Waals surface area contributed by atoms with Crippen molar-refractivity contribution in [1.82, 2.24) is 0 Å². The first-order valence-electron chi connectivity index (χ1n) is 5.15. The van der Waals surface area contributed by atoms with E-state index in [2.05, 4.69) is 0 Å². The predicted molar refractivity (Wildman–Crippen MR) is 58.1 cm³/mol. The van der Waals surface area contributed by atoms with E-state index in [1.807, 2.05) is 13.8 Å². The lowest BCUT2D eigenvalue weighted by Crippen LogP contribution is -2.29. The lowest BCUT2D eigenvalue weighted by Gasteiger charge is -2.14. The van der Waals surface area contributed by atoms with E-state index >= 15 is 0 Å². The molecule has 0 spiro atoms. The SMILES string of the molecule is CC(C)C(N)CC(=O)c1cc(F)ccc1F. The van der Waals surface area contributed by atoms with Crippen molar-refractivity contribution in [2.75, 3.05) is 0 Å². The van der Waals surface area contributed by atoms with E-state index in [-0.39, 0.29) is 23.9 Å². The molecule has 0 bridgehead atoms. The third kappa shape index (κ3) is 3.10. The van der Waals surface area contributed by atoms with Gasteiger partial charge in [-0.15, -0.1) is 0 Å². The molecule has 2 nitrogen and oxygen atoms in total. The predicted octanol–water partition coefficient (Wildman–Crippen LogP) is 2.52. The molecule has 0 aliphatic carbocycles. The normalized spacial score (nSPS) is 12.9. The zero-order valence-corrected chi connectivity index (χ0v) is 9.34. The molecule has 0 aliphatic rings. The molecule has 1 rings (SSSR count). The molecular weight excluding hydrogens is 212 g/mol. The van der Waals surface area contributed by atoms with Crippen molar-refractivity contribution in [1.29, 1.82) is 0 Å². The first kappa shape index (κ1) is 12.8. The zero-order valence-electron chi connectivity index (χ0n) is 9.34. The number of halogens is 2. The van der Waals surface area contributed by atoms with Crippen LogP contribution in [0.2, 0.25) is 0 Å². The number of nitrogens with two attached hydrogens (primary N) is 1. The summed E-state index contributed by atoms with van der Waals surface area (Å²) >= 11 is 0. The van der Waals surface area contributed by atoms with Gasteiger partial charge in [-0.05, 0) is 24.1 Å². The Labute approximate surface area is 93.5 Å². The van der Waals surface area contributed by atoms with Crippen LogP contribution in [-0.2, 0) is 0 Å². The molecule has 1 unspecified atom stereocenters. The van der Waals surface area contributed by atoms with Crippen LogP contribution in [0.4, 0.5) is 8.78 Å². The Kier molecular flexibility index (Phi) is 4.12. The van der Waals surface area contributed by atoms with Gasteiger partial charge in [0.1, 0.15) is 11.6 Å². The van der Waals surface area contributed by atoms with Crippen LogP contribution < -0.4 is 5.73 Å². The fraction of sp³-hybridized carbons (Fsp3) is 0.417. The summed E-state index contributed by atoms with van der Waals surface area (Å²) in [6.07, 6.45) is 0.0258. The summed E-state index contributed by atoms with van der Waals surface area (Å²) in [6, 6.07) is 2.50. The van der Waals surface area contributed by atoms with E-state index in [4.69, 9.17) is 5.73 Å². The highest BCUT2D eigenvalue weighted by atomic mass is 19.1. The topological polar surface area (TPSA) is 43.1 Å². The van der Waals surface area contributed by atoms with Gasteiger partial charge in [0.25, 0.3) is 0 Å². The fourth-order valence-electron chi connectivity index (χ4n) is 1.27. The second-order valence-corrected chi connectivity index (χ2v) is 4.16. The molecule has 0 aliphatic heterocycles. The van der Waals surface area contributed by atoms with Crippen LogP contribution in [0.3, 0.4) is 0 Å². The van der Waals surface area contributed by atoms with Gasteiger partial charge in [0.2, 0.25) is 0 Å². The van der Waals surface area contributed by atoms with E-state index in [1.54, 1.807) is 0 Å². The highest BCUT2D eigenvalue weighted by molar-refractivity contribution is 5.96. The average molecular weight is 227 g/mol. The standard InChI is InChI=1S/C12H15F2NO/c1-7(2)11(15)6-12(16)9-5-8(13)3-4-10(9)14/h3-5,7,11H,6,15H2,1-2H3. The summed E-state index contributed by atoms with van der Waals surface area (Å²) in [7, 11) is 0. The van der Waals surface area contributed by atoms with Crippen LogP contribution in [0.25, 0.3) is 0 Å². The molecule has 1 aromatic rings. The highest BCUT2D eigenvalue weighted by Crippen LogP contribution is 2.14. The van der Waals surface area contributed by atoms with Crippen LogP contribution in [-0.4, -0.2) is 11.8 Å². The second-order valence-electron chi connectivity index (χ2n) is 4.16. The van der Waals surface area contributed by atoms with Crippen molar-refractivity contribution in [2.45, 2.75) is 26.3 Å². The summed E-state index contributed by atoms with van der Waals surface area (Å²) < 4.78 is 26.1. The van der Waals surface area contributed by atoms with Gasteiger partial charge in [0.15, 0.2) is 5.78 Å². The summed E-state index contributed by atoms with van der Waals surface area (Å²) in [5.41, 5.74) is 5.48. The number of Topliss-reactive ketones (excluding diaryl/α,β-unsaturated/α-hetero) is 1. The van der Waals surface area contributed by atoms with Crippen molar-refractivity contribution in [2.24, 2.45) is 11.7 Å². The molecule has 1 atom stereocenters. The van der Waals surface area contributed by atoms with E-state index in [0.717, 1.165) is 18.2 Å². The summed E-state index contributed by atoms with van der Waals surface area (Å²) in [5.74, 6) is -1.66. The van der Waals surface area contributed by atoms with Gasteiger partial charge in [-0.2, -0.15) is 0 Å². The maximum atomic E-state index is 13.2. The Hall–Kier alpha value is -1.29. The molecule has 4 heteroatoms. The van der Waals surface area contributed by atoms with E-state index < -0.39 is 17.4 Å². The number of hydrogen-bond acceptors (Lipinski definition) is 2. The smallest absolute Gasteiger partial charge is 0.167 e. The van der Waals surface area contributed by atoms with Gasteiger partial charge in [-0.1, -0.05) is 13.8 Å². The molecule has 0 amide bonds. The van der Waals surface area contributed by atoms with Crippen molar-refractivity contribution < 1.29 is 13.6 Å². The molecule has 0 heterocycles. The Morgan fingerprint density at radius 2 is 2.00 bits per heavy atom. The van der Waals surface area contributed by atoms with Crippen LogP contribution in [0.1, 0.15) is 30.6 Å². The van der Waals surface area contributed by atoms with Crippen molar-refractivity contribution in [3.63, 3.8) is 0 Å². The van der Waals surface area contributed by atoms with Crippen LogP contribution >= 0.6 is 0 Å². The molecule has 1 aromatic carbocycles. The number of rotatable bonds is 4. The summed E-state index contributed by atoms with van der Waals surface area (Å²) in [5, 5.41) is 0. The minimum atomic E-state index is -0.706. The Morgan fingerprint density at radius 3 is 2.56 bits per heavy atom. The third-order valence-corrected chi connectivity index (χ3v) is 2.51. The number of carbonyl (C=O) groups excluding carboxylic acids is 1. The number of benzene rings is 1. The minimum Gasteiger partial charge on any atom is -0.327 e. The van der Waals surface area contributed by atoms with Gasteiger partial charge in [-0.25, -0.2) is 8.78 Å². The zero-order chi connectivity index (χ0) is 12.3. The molecule has 0 fully saturated rings. The first-order chi connectivity index (χ1) is 7.41. The molecule has 2 N–H and O–H groups in total. The number of ketones is 1. The molecule has 0 aromatic heterocycles. The van der Waals surface area contributed by atoms with Crippen molar-refractivity contribution in [3.05, 3.63) is 35.4 Å². The third-order valence-electron chi connectivity index (χ3n) is 2.51. The van der Waals surface area contributed by atoms with Crippen molar-refractivity contribution >= 4 is 5.78 Å². The molecule has 88 valence electrons. The van der Waals surface area contributed by atoms with Crippen LogP contribution in [0, 0.1) is 17.6 Å². The maximum Gasteiger partial charge on any atom is 0.167 e. The maximum absolute atomic E-state index is 13.2. The van der Waals surface area contributed by atoms with Crippen molar-refractivity contribution in [3.8, 4) is 0 Å². The van der Waals surface area contributed by atoms with Gasteiger partial charge >= 0.3 is 0 Å². The largest absolute Gasteiger partial charge is 0.327 e. The summed E-state index contributed by atoms with van der Waals surface area (Å²) in [4.78, 5) is 11.6. The fourth-order valence-corrected chi connectivity index (χ4v) is 1.27. The molecule has 0 saturated carbocycles. The van der Waals surface area contributed by atoms with E-state index in [0.29, 0.717) is 0 Å². The quantitative estimate of drug-likeness (QED) is 0.803. The van der Waals surface area contributed by atoms with E-state index in [9.17, 15) is 13.6 Å². The molecule has 16 heavy (non-hydrogen) atoms. The number of hydrogen-bond donors (Lipinski definition) is 1. The lowest BCUT2D eigenvalue weighted by molar-refractivity contribution is 0.0963. The first-order valence-corrected chi connectivity index (χ1v) is 5.15. The van der Waals surface area contributed by atoms with E-state index in [1.165, 1.54) is 0 Å². The second kappa shape index (κ2) is 5.16. The van der Waals surface area contributed by atoms with Crippen LogP contribution in [0.5, 0.6) is 0 Å². The van der Waals surface area contributed by atoms with Gasteiger partial charge in [0, 0.05) is 12.5 Å². The van der Waals surface area contributed by atoms with Gasteiger partial charge < -0.3 is 5.73 Å². The minimum absolute atomic E-state index is 0.0258. The molecular formula is C12H15F2NO. The Morgan fingerprint density at radius 1 is 1.38 bits per heavy atom. The average Bonchev–Trinajstić information content (AvgIpc) is 2.21. The van der Waals surface area contributed by atoms with Gasteiger partial charge in [-0.3, -0.25) is 4.79 Å². The molecule has 0 radical (unpaired) electrons. The monoisotopic (exact) mass is 227 g/mol. The van der Waals surface area contributed by atoms with Crippen LogP contribution in [0.15, 0.2) is 18.2 Å². The Bertz CT molecular complexity index is 391. The molecule has 0 saturated heterocycles. The Balaban J connectivity index is 2.84. The van der Waals surface area contributed by atoms with Gasteiger partial charge in [0.05, 0.1) is 5.56 Å². The highest BCUT2D eigenvalue weighted by Gasteiger charge is 2.17. The number of carbonyl (C=O) groups is 1. The lowest BCUT2D eigenvalue weighted by atomic mass is 9.96. The summed E-state index contributed by atoms with van der Waals surface area (Å²) in [6.45, 7) is 3.75.